The predicted octanol–water partition coefficient (Wildman–Crippen LogP) is 11.6. The van der Waals surface area contributed by atoms with E-state index in [0.717, 1.165) is 33.3 Å². The van der Waals surface area contributed by atoms with E-state index in [1.165, 1.54) is 0 Å². The van der Waals surface area contributed by atoms with Crippen LogP contribution in [0.25, 0.3) is 22.4 Å². The fourth-order valence-corrected chi connectivity index (χ4v) is 6.45. The number of benzene rings is 5. The molecule has 0 unspecified atom stereocenters. The van der Waals surface area contributed by atoms with E-state index >= 15 is 0 Å². The van der Waals surface area contributed by atoms with Gasteiger partial charge in [-0.3, -0.25) is 4.99 Å². The van der Waals surface area contributed by atoms with E-state index in [2.05, 4.69) is 9.88 Å². The van der Waals surface area contributed by atoms with Crippen molar-refractivity contribution in [1.29, 1.82) is 0 Å². The first-order chi connectivity index (χ1) is 24.1. The highest BCUT2D eigenvalue weighted by molar-refractivity contribution is 6.42. The van der Waals surface area contributed by atoms with Gasteiger partial charge in [0.25, 0.3) is 0 Å². The van der Waals surface area contributed by atoms with Crippen LogP contribution in [-0.4, -0.2) is 28.0 Å². The number of aromatic nitrogens is 2. The van der Waals surface area contributed by atoms with Crippen molar-refractivity contribution in [2.75, 3.05) is 6.61 Å². The fraction of sp³-hybridized carbons (Fsp3) is 0.132. The molecule has 0 aliphatic rings. The Balaban J connectivity index is 1.37. The van der Waals surface area contributed by atoms with E-state index in [4.69, 9.17) is 84.3 Å². The van der Waals surface area contributed by atoms with Crippen molar-refractivity contribution in [2.24, 2.45) is 4.99 Å². The lowest BCUT2D eigenvalue weighted by molar-refractivity contribution is 0.0526. The summed E-state index contributed by atoms with van der Waals surface area (Å²) >= 11 is 37.6. The molecule has 0 radical (unpaired) electrons. The maximum Gasteiger partial charge on any atom is 0.338 e. The number of aliphatic imine (C=N–C) groups is 1. The van der Waals surface area contributed by atoms with Crippen molar-refractivity contribution in [3.8, 4) is 11.4 Å². The average molecular weight is 785 g/mol. The van der Waals surface area contributed by atoms with Gasteiger partial charge >= 0.3 is 5.97 Å². The highest BCUT2D eigenvalue weighted by Crippen LogP contribution is 2.30. The second-order valence-corrected chi connectivity index (χ2v) is 13.7. The van der Waals surface area contributed by atoms with E-state index in [9.17, 15) is 4.79 Å². The minimum atomic E-state index is -0.406. The number of nitrogens with one attached hydrogen (secondary N) is 1. The molecule has 0 atom stereocenters. The summed E-state index contributed by atoms with van der Waals surface area (Å²) in [4.78, 5) is 22.4. The van der Waals surface area contributed by atoms with Crippen LogP contribution in [0.2, 0.25) is 30.1 Å². The normalized spacial score (nSPS) is 11.6. The number of hydrogen-bond donors (Lipinski definition) is 1. The number of rotatable bonds is 10. The highest BCUT2D eigenvalue weighted by Gasteiger charge is 2.18. The molecule has 254 valence electrons. The second kappa shape index (κ2) is 16.1. The Morgan fingerprint density at radius 1 is 0.740 bits per heavy atom. The number of halogens is 6. The van der Waals surface area contributed by atoms with Crippen LogP contribution in [0.15, 0.2) is 102 Å². The molecule has 1 heterocycles. The Kier molecular flexibility index (Phi) is 11.6. The zero-order valence-electron chi connectivity index (χ0n) is 26.5. The summed E-state index contributed by atoms with van der Waals surface area (Å²) in [7, 11) is 0. The number of esters is 1. The van der Waals surface area contributed by atoms with Gasteiger partial charge in [-0.15, -0.1) is 0 Å². The Labute approximate surface area is 319 Å². The van der Waals surface area contributed by atoms with Gasteiger partial charge in [-0.2, -0.15) is 0 Å². The van der Waals surface area contributed by atoms with E-state index in [1.807, 2.05) is 54.6 Å². The monoisotopic (exact) mass is 782 g/mol. The number of hydrogen-bond acceptors (Lipinski definition) is 4. The average Bonchev–Trinajstić information content (AvgIpc) is 3.46. The molecule has 1 N–H and O–H groups in total. The van der Waals surface area contributed by atoms with Crippen molar-refractivity contribution in [1.82, 2.24) is 14.9 Å². The molecule has 0 bridgehead atoms. The van der Waals surface area contributed by atoms with Gasteiger partial charge in [0, 0.05) is 27.7 Å². The van der Waals surface area contributed by atoms with Crippen molar-refractivity contribution < 1.29 is 9.53 Å². The number of carbonyl (C=O) groups excluding carboxylic acids is 1. The number of fused-ring (bicyclic) bond motifs is 1. The third kappa shape index (κ3) is 8.40. The lowest BCUT2D eigenvalue weighted by Gasteiger charge is -2.14. The second-order valence-electron chi connectivity index (χ2n) is 11.3. The van der Waals surface area contributed by atoms with Crippen molar-refractivity contribution in [2.45, 2.75) is 26.6 Å². The lowest BCUT2D eigenvalue weighted by Crippen LogP contribution is -2.24. The van der Waals surface area contributed by atoms with Gasteiger partial charge in [-0.25, -0.2) is 9.78 Å². The number of ether oxygens (including phenoxy) is 1. The third-order valence-electron chi connectivity index (χ3n) is 7.87. The zero-order chi connectivity index (χ0) is 35.4. The predicted molar refractivity (Wildman–Crippen MR) is 207 cm³/mol. The number of imidazole rings is 1. The third-order valence-corrected chi connectivity index (χ3v) is 9.93. The Morgan fingerprint density at radius 2 is 1.42 bits per heavy atom. The van der Waals surface area contributed by atoms with Crippen LogP contribution in [0.1, 0.15) is 39.5 Å². The molecule has 0 aliphatic heterocycles. The molecule has 0 spiro atoms. The van der Waals surface area contributed by atoms with Crippen molar-refractivity contribution in [3.05, 3.63) is 155 Å². The van der Waals surface area contributed by atoms with E-state index in [-0.39, 0.29) is 6.61 Å². The SMILES string of the molecule is CCOC(=O)c1ccc2c(c1)nc(-c1ccc(C(=NCc3ccc(Cl)c(Cl)c3)NCc3ccc(Cl)c(Cl)c3)cc1)n2Cc1ccc(Cl)cc1Cl. The Morgan fingerprint density at radius 3 is 2.10 bits per heavy atom. The summed E-state index contributed by atoms with van der Waals surface area (Å²) in [6.07, 6.45) is 0. The van der Waals surface area contributed by atoms with Crippen LogP contribution in [-0.2, 0) is 24.4 Å². The smallest absolute Gasteiger partial charge is 0.338 e. The molecule has 6 nitrogen and oxygen atoms in total. The van der Waals surface area contributed by atoms with Gasteiger partial charge in [0.05, 0.1) is 56.4 Å². The summed E-state index contributed by atoms with van der Waals surface area (Å²) in [5, 5.41) is 6.45. The molecule has 0 aliphatic carbocycles. The molecule has 50 heavy (non-hydrogen) atoms. The molecule has 6 rings (SSSR count). The Hall–Kier alpha value is -3.75. The van der Waals surface area contributed by atoms with E-state index < -0.39 is 5.97 Å². The molecule has 5 aromatic carbocycles. The molecule has 0 fully saturated rings. The van der Waals surface area contributed by atoms with E-state index in [0.29, 0.717) is 72.5 Å². The topological polar surface area (TPSA) is 68.5 Å². The van der Waals surface area contributed by atoms with Gasteiger partial charge < -0.3 is 14.6 Å². The van der Waals surface area contributed by atoms with Crippen LogP contribution < -0.4 is 5.32 Å². The first-order valence-electron chi connectivity index (χ1n) is 15.5. The minimum absolute atomic E-state index is 0.277. The maximum absolute atomic E-state index is 12.5. The quantitative estimate of drug-likeness (QED) is 0.0853. The molecule has 0 saturated heterocycles. The van der Waals surface area contributed by atoms with Crippen molar-refractivity contribution in [3.63, 3.8) is 0 Å². The fourth-order valence-electron chi connectivity index (χ4n) is 5.34. The first kappa shape index (κ1) is 36.1. The lowest BCUT2D eigenvalue weighted by atomic mass is 10.1. The van der Waals surface area contributed by atoms with Crippen LogP contribution in [0.4, 0.5) is 0 Å². The van der Waals surface area contributed by atoms with Crippen LogP contribution in [0, 0.1) is 0 Å². The maximum atomic E-state index is 12.5. The zero-order valence-corrected chi connectivity index (χ0v) is 31.0. The summed E-state index contributed by atoms with van der Waals surface area (Å²) < 4.78 is 7.30. The number of amidine groups is 1. The molecular weight excluding hydrogens is 757 g/mol. The molecule has 12 heteroatoms. The summed E-state index contributed by atoms with van der Waals surface area (Å²) in [5.74, 6) is 0.947. The van der Waals surface area contributed by atoms with Crippen LogP contribution in [0.5, 0.6) is 0 Å². The number of nitrogens with zero attached hydrogens (tertiary/aromatic N) is 3. The summed E-state index contributed by atoms with van der Waals surface area (Å²) in [6.45, 7) is 3.29. The minimum Gasteiger partial charge on any atom is -0.462 e. The Bertz CT molecular complexity index is 2230. The molecule has 1 aromatic heterocycles. The molecular formula is C38H28Cl6N4O2. The van der Waals surface area contributed by atoms with Crippen LogP contribution >= 0.6 is 69.6 Å². The van der Waals surface area contributed by atoms with Crippen LogP contribution in [0.3, 0.4) is 0 Å². The van der Waals surface area contributed by atoms with Gasteiger partial charge in [-0.1, -0.05) is 112 Å². The molecule has 0 amide bonds. The largest absolute Gasteiger partial charge is 0.462 e. The molecule has 0 saturated carbocycles. The number of carbonyl (C=O) groups is 1. The van der Waals surface area contributed by atoms with Gasteiger partial charge in [0.15, 0.2) is 0 Å². The van der Waals surface area contributed by atoms with Gasteiger partial charge in [0.1, 0.15) is 11.7 Å². The van der Waals surface area contributed by atoms with E-state index in [1.54, 1.807) is 49.4 Å². The molecule has 6 aromatic rings. The highest BCUT2D eigenvalue weighted by atomic mass is 35.5. The summed E-state index contributed by atoms with van der Waals surface area (Å²) in [6, 6.07) is 29.6. The standard InChI is InChI=1S/C38H28Cl6N4O2/c1-2-50-38(49)26-10-14-35-34(17-26)47-37(48(35)21-27-9-11-28(39)18-31(27)42)25-7-5-24(6-8-25)36(45-19-22-3-12-29(40)32(43)15-22)46-20-23-4-13-30(41)33(44)16-23/h3-18H,2,19-21H2,1H3,(H,45,46). The summed E-state index contributed by atoms with van der Waals surface area (Å²) in [5.41, 5.74) is 6.30. The van der Waals surface area contributed by atoms with Gasteiger partial charge in [-0.05, 0) is 78.2 Å². The van der Waals surface area contributed by atoms with Gasteiger partial charge in [0.2, 0.25) is 0 Å². The van der Waals surface area contributed by atoms with Crippen molar-refractivity contribution >= 4 is 92.4 Å². The first-order valence-corrected chi connectivity index (χ1v) is 17.7.